The Morgan fingerprint density at radius 1 is 0.920 bits per heavy atom. The number of aromatic nitrogens is 2. The highest BCUT2D eigenvalue weighted by molar-refractivity contribution is 6.02. The third kappa shape index (κ3) is 4.35. The molecule has 0 fully saturated rings. The molecule has 2 N–H and O–H groups in total. The van der Waals surface area contributed by atoms with Crippen LogP contribution in [0.25, 0.3) is 0 Å². The number of hydrogen-bond acceptors (Lipinski definition) is 4. The number of rotatable bonds is 5. The maximum absolute atomic E-state index is 13.5. The molecule has 3 rings (SSSR count). The number of nitrogens with zero attached hydrogens (tertiary/aromatic N) is 2. The highest BCUT2D eigenvalue weighted by Crippen LogP contribution is 2.12. The third-order valence-corrected chi connectivity index (χ3v) is 3.42. The molecular weight excluding hydrogens is 326 g/mol. The standard InChI is InChI=1S/C18H14F2N4O/c19-13-5-7-14(8-6-13)22-18(25)16-9-10-17(24-23-16)21-11-12-3-1-2-4-15(12)20/h1-10H,11H2,(H,21,24)(H,22,25). The van der Waals surface area contributed by atoms with E-state index in [0.29, 0.717) is 17.1 Å². The van der Waals surface area contributed by atoms with Gasteiger partial charge in [0.1, 0.15) is 17.5 Å². The van der Waals surface area contributed by atoms with E-state index in [0.717, 1.165) is 0 Å². The van der Waals surface area contributed by atoms with E-state index in [1.165, 1.54) is 36.4 Å². The first-order valence-corrected chi connectivity index (χ1v) is 7.50. The summed E-state index contributed by atoms with van der Waals surface area (Å²) in [6, 6.07) is 14.9. The van der Waals surface area contributed by atoms with Gasteiger partial charge in [-0.15, -0.1) is 10.2 Å². The molecule has 0 atom stereocenters. The molecule has 0 unspecified atom stereocenters. The maximum Gasteiger partial charge on any atom is 0.276 e. The van der Waals surface area contributed by atoms with Gasteiger partial charge in [0.15, 0.2) is 5.69 Å². The fraction of sp³-hybridized carbons (Fsp3) is 0.0556. The summed E-state index contributed by atoms with van der Waals surface area (Å²) < 4.78 is 26.4. The van der Waals surface area contributed by atoms with Crippen molar-refractivity contribution in [3.8, 4) is 0 Å². The van der Waals surface area contributed by atoms with Gasteiger partial charge in [-0.25, -0.2) is 8.78 Å². The molecule has 3 aromatic rings. The molecule has 0 radical (unpaired) electrons. The molecule has 0 spiro atoms. The Bertz CT molecular complexity index is 867. The summed E-state index contributed by atoms with van der Waals surface area (Å²) in [6.07, 6.45) is 0. The molecule has 1 amide bonds. The summed E-state index contributed by atoms with van der Waals surface area (Å²) in [5.74, 6) is -0.734. The molecule has 0 saturated heterocycles. The van der Waals surface area contributed by atoms with Crippen molar-refractivity contribution in [3.63, 3.8) is 0 Å². The van der Waals surface area contributed by atoms with E-state index in [4.69, 9.17) is 0 Å². The van der Waals surface area contributed by atoms with Crippen LogP contribution in [0.2, 0.25) is 0 Å². The number of carbonyl (C=O) groups excluding carboxylic acids is 1. The van der Waals surface area contributed by atoms with Crippen LogP contribution in [-0.4, -0.2) is 16.1 Å². The minimum Gasteiger partial charge on any atom is -0.364 e. The van der Waals surface area contributed by atoms with E-state index < -0.39 is 5.91 Å². The highest BCUT2D eigenvalue weighted by atomic mass is 19.1. The summed E-state index contributed by atoms with van der Waals surface area (Å²) in [5.41, 5.74) is 1.07. The number of halogens is 2. The van der Waals surface area contributed by atoms with Crippen LogP contribution in [0.15, 0.2) is 60.7 Å². The molecule has 2 aromatic carbocycles. The first-order valence-electron chi connectivity index (χ1n) is 7.50. The van der Waals surface area contributed by atoms with Crippen molar-refractivity contribution >= 4 is 17.4 Å². The second-order valence-electron chi connectivity index (χ2n) is 5.21. The van der Waals surface area contributed by atoms with Gasteiger partial charge in [0, 0.05) is 17.8 Å². The van der Waals surface area contributed by atoms with E-state index in [9.17, 15) is 13.6 Å². The third-order valence-electron chi connectivity index (χ3n) is 3.42. The van der Waals surface area contributed by atoms with Gasteiger partial charge in [-0.3, -0.25) is 4.79 Å². The second kappa shape index (κ2) is 7.48. The zero-order valence-corrected chi connectivity index (χ0v) is 13.0. The monoisotopic (exact) mass is 340 g/mol. The maximum atomic E-state index is 13.5. The van der Waals surface area contributed by atoms with Crippen molar-refractivity contribution in [1.29, 1.82) is 0 Å². The Kier molecular flexibility index (Phi) is 4.94. The SMILES string of the molecule is O=C(Nc1ccc(F)cc1)c1ccc(NCc2ccccc2F)nn1. The number of anilines is 2. The zero-order valence-electron chi connectivity index (χ0n) is 13.0. The molecule has 0 aliphatic carbocycles. The van der Waals surface area contributed by atoms with Gasteiger partial charge < -0.3 is 10.6 Å². The van der Waals surface area contributed by atoms with Gasteiger partial charge in [-0.05, 0) is 42.5 Å². The van der Waals surface area contributed by atoms with Gasteiger partial charge in [0.05, 0.1) is 0 Å². The summed E-state index contributed by atoms with van der Waals surface area (Å²) in [4.78, 5) is 12.1. The fourth-order valence-electron chi connectivity index (χ4n) is 2.10. The quantitative estimate of drug-likeness (QED) is 0.744. The molecule has 0 saturated carbocycles. The normalized spacial score (nSPS) is 10.3. The molecule has 1 heterocycles. The largest absolute Gasteiger partial charge is 0.364 e. The molecule has 25 heavy (non-hydrogen) atoms. The summed E-state index contributed by atoms with van der Waals surface area (Å²) >= 11 is 0. The Labute approximate surface area is 142 Å². The lowest BCUT2D eigenvalue weighted by Crippen LogP contribution is -2.15. The lowest BCUT2D eigenvalue weighted by atomic mass is 10.2. The van der Waals surface area contributed by atoms with Crippen molar-refractivity contribution in [2.45, 2.75) is 6.54 Å². The average Bonchev–Trinajstić information content (AvgIpc) is 2.63. The number of benzene rings is 2. The van der Waals surface area contributed by atoms with Crippen molar-refractivity contribution in [1.82, 2.24) is 10.2 Å². The Balaban J connectivity index is 1.60. The van der Waals surface area contributed by atoms with Crippen LogP contribution in [-0.2, 0) is 6.54 Å². The first kappa shape index (κ1) is 16.5. The van der Waals surface area contributed by atoms with E-state index in [2.05, 4.69) is 20.8 Å². The molecule has 0 bridgehead atoms. The van der Waals surface area contributed by atoms with Crippen molar-refractivity contribution < 1.29 is 13.6 Å². The summed E-state index contributed by atoms with van der Waals surface area (Å²) in [7, 11) is 0. The van der Waals surface area contributed by atoms with Crippen LogP contribution in [0.4, 0.5) is 20.3 Å². The van der Waals surface area contributed by atoms with Crippen molar-refractivity contribution in [2.24, 2.45) is 0 Å². The molecule has 0 aliphatic heterocycles. The predicted octanol–water partition coefficient (Wildman–Crippen LogP) is 3.62. The van der Waals surface area contributed by atoms with Crippen molar-refractivity contribution in [2.75, 3.05) is 10.6 Å². The smallest absolute Gasteiger partial charge is 0.276 e. The number of hydrogen-bond donors (Lipinski definition) is 2. The number of nitrogens with one attached hydrogen (secondary N) is 2. The Morgan fingerprint density at radius 2 is 1.68 bits per heavy atom. The second-order valence-corrected chi connectivity index (χ2v) is 5.21. The predicted molar refractivity (Wildman–Crippen MR) is 90.1 cm³/mol. The summed E-state index contributed by atoms with van der Waals surface area (Å²) in [5, 5.41) is 13.3. The summed E-state index contributed by atoms with van der Waals surface area (Å²) in [6.45, 7) is 0.252. The topological polar surface area (TPSA) is 66.9 Å². The van der Waals surface area contributed by atoms with E-state index >= 15 is 0 Å². The Hall–Kier alpha value is -3.35. The fourth-order valence-corrected chi connectivity index (χ4v) is 2.10. The van der Waals surface area contributed by atoms with Crippen molar-refractivity contribution in [3.05, 3.63) is 83.6 Å². The van der Waals surface area contributed by atoms with Gasteiger partial charge in [0.2, 0.25) is 0 Å². The van der Waals surface area contributed by atoms with Gasteiger partial charge in [-0.2, -0.15) is 0 Å². The minimum absolute atomic E-state index is 0.112. The number of carbonyl (C=O) groups is 1. The average molecular weight is 340 g/mol. The minimum atomic E-state index is -0.459. The molecular formula is C18H14F2N4O. The van der Waals surface area contributed by atoms with Crippen LogP contribution < -0.4 is 10.6 Å². The molecule has 7 heteroatoms. The van der Waals surface area contributed by atoms with Gasteiger partial charge in [0.25, 0.3) is 5.91 Å². The molecule has 126 valence electrons. The Morgan fingerprint density at radius 3 is 2.36 bits per heavy atom. The lowest BCUT2D eigenvalue weighted by molar-refractivity contribution is 0.102. The van der Waals surface area contributed by atoms with E-state index in [1.807, 2.05) is 0 Å². The van der Waals surface area contributed by atoms with E-state index in [-0.39, 0.29) is 23.9 Å². The van der Waals surface area contributed by atoms with Crippen LogP contribution in [0.3, 0.4) is 0 Å². The van der Waals surface area contributed by atoms with Gasteiger partial charge in [-0.1, -0.05) is 18.2 Å². The van der Waals surface area contributed by atoms with E-state index in [1.54, 1.807) is 24.3 Å². The highest BCUT2D eigenvalue weighted by Gasteiger charge is 2.09. The van der Waals surface area contributed by atoms with Crippen LogP contribution in [0.1, 0.15) is 16.1 Å². The molecule has 5 nitrogen and oxygen atoms in total. The number of amides is 1. The van der Waals surface area contributed by atoms with Crippen LogP contribution in [0, 0.1) is 11.6 Å². The van der Waals surface area contributed by atoms with Gasteiger partial charge >= 0.3 is 0 Å². The molecule has 0 aliphatic rings. The van der Waals surface area contributed by atoms with Crippen LogP contribution >= 0.6 is 0 Å². The first-order chi connectivity index (χ1) is 12.1. The lowest BCUT2D eigenvalue weighted by Gasteiger charge is -2.07. The van der Waals surface area contributed by atoms with Crippen LogP contribution in [0.5, 0.6) is 0 Å². The molecule has 1 aromatic heterocycles. The zero-order chi connectivity index (χ0) is 17.6.